The molecular formula is C10H16Cl2N2O. The van der Waals surface area contributed by atoms with E-state index in [1.165, 1.54) is 0 Å². The van der Waals surface area contributed by atoms with Gasteiger partial charge in [-0.3, -0.25) is 4.79 Å². The number of nitrogen functional groups attached to an aromatic ring is 1. The van der Waals surface area contributed by atoms with Crippen molar-refractivity contribution in [3.63, 3.8) is 0 Å². The van der Waals surface area contributed by atoms with Gasteiger partial charge in [0.2, 0.25) is 5.91 Å². The van der Waals surface area contributed by atoms with E-state index in [0.717, 1.165) is 17.7 Å². The number of hydrogen-bond donors (Lipinski definition) is 2. The van der Waals surface area contributed by atoms with E-state index in [4.69, 9.17) is 5.73 Å². The Morgan fingerprint density at radius 2 is 2.07 bits per heavy atom. The highest BCUT2D eigenvalue weighted by atomic mass is 35.5. The fourth-order valence-electron chi connectivity index (χ4n) is 1.13. The van der Waals surface area contributed by atoms with Gasteiger partial charge in [-0.15, -0.1) is 24.8 Å². The highest BCUT2D eigenvalue weighted by Gasteiger charge is 1.99. The van der Waals surface area contributed by atoms with Gasteiger partial charge in [0.15, 0.2) is 0 Å². The Labute approximate surface area is 102 Å². The molecule has 3 nitrogen and oxygen atoms in total. The Morgan fingerprint density at radius 3 is 2.60 bits per heavy atom. The maximum Gasteiger partial charge on any atom is 0.220 e. The van der Waals surface area contributed by atoms with E-state index in [2.05, 4.69) is 5.32 Å². The summed E-state index contributed by atoms with van der Waals surface area (Å²) in [5, 5.41) is 2.58. The predicted molar refractivity (Wildman–Crippen MR) is 67.7 cm³/mol. The molecule has 0 unspecified atom stereocenters. The van der Waals surface area contributed by atoms with Crippen LogP contribution in [0.1, 0.15) is 12.0 Å². The number of hydrogen-bond acceptors (Lipinski definition) is 2. The molecule has 0 aromatic heterocycles. The Bertz CT molecular complexity index is 305. The summed E-state index contributed by atoms with van der Waals surface area (Å²) in [5.74, 6) is 0.0578. The second-order valence-corrected chi connectivity index (χ2v) is 2.92. The zero-order valence-corrected chi connectivity index (χ0v) is 10.2. The van der Waals surface area contributed by atoms with Gasteiger partial charge in [-0.2, -0.15) is 0 Å². The molecule has 0 fully saturated rings. The summed E-state index contributed by atoms with van der Waals surface area (Å²) in [4.78, 5) is 10.9. The van der Waals surface area contributed by atoms with E-state index in [1.807, 2.05) is 24.3 Å². The van der Waals surface area contributed by atoms with Crippen molar-refractivity contribution < 1.29 is 4.79 Å². The van der Waals surface area contributed by atoms with E-state index in [1.54, 1.807) is 7.05 Å². The minimum atomic E-state index is 0. The topological polar surface area (TPSA) is 55.1 Å². The molecule has 0 aliphatic carbocycles. The van der Waals surface area contributed by atoms with Gasteiger partial charge in [0.1, 0.15) is 0 Å². The second-order valence-electron chi connectivity index (χ2n) is 2.92. The average molecular weight is 251 g/mol. The van der Waals surface area contributed by atoms with Crippen molar-refractivity contribution in [1.29, 1.82) is 0 Å². The van der Waals surface area contributed by atoms with Gasteiger partial charge in [0.05, 0.1) is 0 Å². The van der Waals surface area contributed by atoms with E-state index in [-0.39, 0.29) is 30.7 Å². The molecule has 15 heavy (non-hydrogen) atoms. The van der Waals surface area contributed by atoms with Crippen molar-refractivity contribution in [2.24, 2.45) is 0 Å². The molecule has 1 rings (SSSR count). The fourth-order valence-corrected chi connectivity index (χ4v) is 1.13. The van der Waals surface area contributed by atoms with E-state index >= 15 is 0 Å². The fraction of sp³-hybridized carbons (Fsp3) is 0.300. The minimum Gasteiger partial charge on any atom is -0.399 e. The summed E-state index contributed by atoms with van der Waals surface area (Å²) >= 11 is 0. The molecule has 3 N–H and O–H groups in total. The zero-order valence-electron chi connectivity index (χ0n) is 8.53. The first-order chi connectivity index (χ1) is 6.22. The Morgan fingerprint density at radius 1 is 1.40 bits per heavy atom. The van der Waals surface area contributed by atoms with Crippen LogP contribution >= 0.6 is 24.8 Å². The molecule has 0 bridgehead atoms. The first-order valence-corrected chi connectivity index (χ1v) is 4.27. The summed E-state index contributed by atoms with van der Waals surface area (Å²) in [5.41, 5.74) is 7.44. The number of nitrogens with one attached hydrogen (secondary N) is 1. The summed E-state index contributed by atoms with van der Waals surface area (Å²) in [7, 11) is 1.64. The van der Waals surface area contributed by atoms with Gasteiger partial charge >= 0.3 is 0 Å². The molecule has 0 saturated carbocycles. The first kappa shape index (κ1) is 16.5. The van der Waals surface area contributed by atoms with Crippen LogP contribution in [0.4, 0.5) is 5.69 Å². The molecule has 0 spiro atoms. The SMILES string of the molecule is CNC(=O)CCc1cccc(N)c1.Cl.Cl. The number of nitrogens with two attached hydrogens (primary N) is 1. The normalized spacial score (nSPS) is 8.33. The van der Waals surface area contributed by atoms with Crippen molar-refractivity contribution >= 4 is 36.4 Å². The van der Waals surface area contributed by atoms with E-state index in [0.29, 0.717) is 6.42 Å². The first-order valence-electron chi connectivity index (χ1n) is 4.27. The number of carbonyl (C=O) groups excluding carboxylic acids is 1. The highest BCUT2D eigenvalue weighted by molar-refractivity contribution is 5.85. The third-order valence-electron chi connectivity index (χ3n) is 1.87. The number of benzene rings is 1. The lowest BCUT2D eigenvalue weighted by atomic mass is 10.1. The molecule has 0 aliphatic rings. The van der Waals surface area contributed by atoms with Crippen LogP contribution in [-0.4, -0.2) is 13.0 Å². The lowest BCUT2D eigenvalue weighted by Gasteiger charge is -2.01. The predicted octanol–water partition coefficient (Wildman–Crippen LogP) is 1.79. The van der Waals surface area contributed by atoms with Crippen molar-refractivity contribution in [2.45, 2.75) is 12.8 Å². The van der Waals surface area contributed by atoms with Crippen LogP contribution in [0.5, 0.6) is 0 Å². The summed E-state index contributed by atoms with van der Waals surface area (Å²) in [6, 6.07) is 7.60. The van der Waals surface area contributed by atoms with Gasteiger partial charge in [-0.1, -0.05) is 12.1 Å². The molecule has 1 aromatic carbocycles. The minimum absolute atomic E-state index is 0. The van der Waals surface area contributed by atoms with Crippen LogP contribution in [0.15, 0.2) is 24.3 Å². The van der Waals surface area contributed by atoms with E-state index < -0.39 is 0 Å². The molecule has 5 heteroatoms. The molecule has 0 heterocycles. The maximum absolute atomic E-state index is 10.9. The molecule has 86 valence electrons. The van der Waals surface area contributed by atoms with E-state index in [9.17, 15) is 4.79 Å². The van der Waals surface area contributed by atoms with Crippen LogP contribution in [-0.2, 0) is 11.2 Å². The van der Waals surface area contributed by atoms with Crippen LogP contribution < -0.4 is 11.1 Å². The molecule has 1 amide bonds. The maximum atomic E-state index is 10.9. The number of halogens is 2. The quantitative estimate of drug-likeness (QED) is 0.805. The zero-order chi connectivity index (χ0) is 9.68. The molecule has 0 radical (unpaired) electrons. The van der Waals surface area contributed by atoms with Gasteiger partial charge in [0.25, 0.3) is 0 Å². The number of anilines is 1. The van der Waals surface area contributed by atoms with Gasteiger partial charge < -0.3 is 11.1 Å². The van der Waals surface area contributed by atoms with Crippen LogP contribution in [0, 0.1) is 0 Å². The van der Waals surface area contributed by atoms with Crippen molar-refractivity contribution in [3.8, 4) is 0 Å². The monoisotopic (exact) mass is 250 g/mol. The Kier molecular flexibility index (Phi) is 9.22. The number of rotatable bonds is 3. The van der Waals surface area contributed by atoms with Gasteiger partial charge in [-0.25, -0.2) is 0 Å². The third-order valence-corrected chi connectivity index (χ3v) is 1.87. The van der Waals surface area contributed by atoms with Crippen LogP contribution in [0.3, 0.4) is 0 Å². The van der Waals surface area contributed by atoms with Gasteiger partial charge in [0, 0.05) is 19.2 Å². The van der Waals surface area contributed by atoms with Crippen molar-refractivity contribution in [3.05, 3.63) is 29.8 Å². The summed E-state index contributed by atoms with van der Waals surface area (Å²) in [6.07, 6.45) is 1.25. The average Bonchev–Trinajstić information content (AvgIpc) is 2.14. The van der Waals surface area contributed by atoms with Gasteiger partial charge in [-0.05, 0) is 24.1 Å². The molecule has 1 aromatic rings. The van der Waals surface area contributed by atoms with Crippen LogP contribution in [0.2, 0.25) is 0 Å². The van der Waals surface area contributed by atoms with Crippen LogP contribution in [0.25, 0.3) is 0 Å². The lowest BCUT2D eigenvalue weighted by Crippen LogP contribution is -2.17. The second kappa shape index (κ2) is 8.38. The third kappa shape index (κ3) is 6.20. The number of amides is 1. The Balaban J connectivity index is 0. The highest BCUT2D eigenvalue weighted by Crippen LogP contribution is 2.08. The number of carbonyl (C=O) groups is 1. The van der Waals surface area contributed by atoms with Crippen molar-refractivity contribution in [1.82, 2.24) is 5.32 Å². The molecule has 0 saturated heterocycles. The Hall–Kier alpha value is -0.930. The lowest BCUT2D eigenvalue weighted by molar-refractivity contribution is -0.120. The smallest absolute Gasteiger partial charge is 0.220 e. The largest absolute Gasteiger partial charge is 0.399 e. The standard InChI is InChI=1S/C10H14N2O.2ClH/c1-12-10(13)6-5-8-3-2-4-9(11)7-8;;/h2-4,7H,5-6,11H2,1H3,(H,12,13);2*1H. The summed E-state index contributed by atoms with van der Waals surface area (Å²) < 4.78 is 0. The molecule has 0 atom stereocenters. The molecular weight excluding hydrogens is 235 g/mol. The summed E-state index contributed by atoms with van der Waals surface area (Å²) in [6.45, 7) is 0. The van der Waals surface area contributed by atoms with Crippen molar-refractivity contribution in [2.75, 3.05) is 12.8 Å². The number of aryl methyl sites for hydroxylation is 1. The molecule has 0 aliphatic heterocycles.